The van der Waals surface area contributed by atoms with Crippen LogP contribution in [0, 0.1) is 4.77 Å². The summed E-state index contributed by atoms with van der Waals surface area (Å²) >= 11 is 5.17. The van der Waals surface area contributed by atoms with E-state index >= 15 is 0 Å². The van der Waals surface area contributed by atoms with Crippen molar-refractivity contribution in [3.05, 3.63) is 63.2 Å². The maximum Gasteiger partial charge on any atom is 0.387 e. The Morgan fingerprint density at radius 3 is 2.78 bits per heavy atom. The maximum absolute atomic E-state index is 12.8. The summed E-state index contributed by atoms with van der Waals surface area (Å²) in [4.78, 5) is 15.5. The summed E-state index contributed by atoms with van der Waals surface area (Å²) in [7, 11) is 0. The standard InChI is InChI=1S/C18H15F2N3O3S/c1-2-25-14-9-5-6-11(15(14)26-17(19)20)10-21-23-16(24)12-7-3-4-8-13(12)22-18(23)27/h3-10,17H,2H2,1H3,(H,22,27)/b21-10-. The van der Waals surface area contributed by atoms with Gasteiger partial charge in [0.2, 0.25) is 4.77 Å². The lowest BCUT2D eigenvalue weighted by Gasteiger charge is -2.13. The molecule has 3 aromatic rings. The van der Waals surface area contributed by atoms with Crippen LogP contribution in [0.15, 0.2) is 52.4 Å². The average molecular weight is 391 g/mol. The van der Waals surface area contributed by atoms with Gasteiger partial charge in [-0.05, 0) is 43.4 Å². The second-order valence-corrected chi connectivity index (χ2v) is 5.71. The van der Waals surface area contributed by atoms with Gasteiger partial charge in [0.1, 0.15) is 0 Å². The Bertz CT molecular complexity index is 1110. The summed E-state index contributed by atoms with van der Waals surface area (Å²) in [6.45, 7) is -1.04. The first-order chi connectivity index (χ1) is 13.0. The smallest absolute Gasteiger partial charge is 0.387 e. The molecule has 1 aromatic heterocycles. The Hall–Kier alpha value is -3.07. The van der Waals surface area contributed by atoms with Crippen LogP contribution in [0.25, 0.3) is 10.9 Å². The van der Waals surface area contributed by atoms with Crippen LogP contribution >= 0.6 is 12.2 Å². The Kier molecular flexibility index (Phi) is 5.60. The number of fused-ring (bicyclic) bond motifs is 1. The number of alkyl halides is 2. The molecule has 0 radical (unpaired) electrons. The summed E-state index contributed by atoms with van der Waals surface area (Å²) in [6, 6.07) is 11.5. The molecule has 0 spiro atoms. The highest BCUT2D eigenvalue weighted by molar-refractivity contribution is 7.71. The molecule has 0 amide bonds. The second-order valence-electron chi connectivity index (χ2n) is 5.32. The number of benzene rings is 2. The minimum absolute atomic E-state index is 0.0761. The van der Waals surface area contributed by atoms with Gasteiger partial charge in [-0.3, -0.25) is 4.79 Å². The minimum atomic E-state index is -3.04. The monoisotopic (exact) mass is 391 g/mol. The Labute approximate surface area is 157 Å². The third kappa shape index (κ3) is 4.03. The van der Waals surface area contributed by atoms with Crippen molar-refractivity contribution in [2.24, 2.45) is 5.10 Å². The highest BCUT2D eigenvalue weighted by Gasteiger charge is 2.15. The van der Waals surface area contributed by atoms with Crippen molar-refractivity contribution in [2.45, 2.75) is 13.5 Å². The fraction of sp³-hybridized carbons (Fsp3) is 0.167. The van der Waals surface area contributed by atoms with E-state index in [1.54, 1.807) is 37.3 Å². The van der Waals surface area contributed by atoms with Crippen molar-refractivity contribution in [3.63, 3.8) is 0 Å². The van der Waals surface area contributed by atoms with Crippen LogP contribution in [0.3, 0.4) is 0 Å². The highest BCUT2D eigenvalue weighted by Crippen LogP contribution is 2.31. The van der Waals surface area contributed by atoms with Gasteiger partial charge in [-0.2, -0.15) is 18.6 Å². The molecule has 9 heteroatoms. The van der Waals surface area contributed by atoms with Crippen LogP contribution in [-0.4, -0.2) is 29.1 Å². The zero-order chi connectivity index (χ0) is 19.4. The van der Waals surface area contributed by atoms with E-state index in [0.29, 0.717) is 10.9 Å². The molecule has 6 nitrogen and oxygen atoms in total. The Morgan fingerprint density at radius 1 is 1.26 bits per heavy atom. The van der Waals surface area contributed by atoms with Crippen LogP contribution in [0.4, 0.5) is 8.78 Å². The summed E-state index contributed by atoms with van der Waals surface area (Å²) in [5.74, 6) is -0.0143. The third-order valence-electron chi connectivity index (χ3n) is 3.61. The zero-order valence-corrected chi connectivity index (χ0v) is 15.0. The van der Waals surface area contributed by atoms with E-state index in [4.69, 9.17) is 17.0 Å². The number of nitrogens with zero attached hydrogens (tertiary/aromatic N) is 2. The van der Waals surface area contributed by atoms with Crippen molar-refractivity contribution in [2.75, 3.05) is 6.61 Å². The van der Waals surface area contributed by atoms with E-state index in [0.717, 1.165) is 4.68 Å². The van der Waals surface area contributed by atoms with Crippen LogP contribution < -0.4 is 15.0 Å². The molecule has 0 aliphatic heterocycles. The van der Waals surface area contributed by atoms with Gasteiger partial charge >= 0.3 is 6.61 Å². The first-order valence-electron chi connectivity index (χ1n) is 8.00. The van der Waals surface area contributed by atoms with Gasteiger partial charge in [0.15, 0.2) is 11.5 Å². The number of nitrogens with one attached hydrogen (secondary N) is 1. The van der Waals surface area contributed by atoms with Crippen molar-refractivity contribution in [1.82, 2.24) is 9.66 Å². The van der Waals surface area contributed by atoms with Crippen LogP contribution in [0.1, 0.15) is 12.5 Å². The lowest BCUT2D eigenvalue weighted by atomic mass is 10.2. The molecule has 0 atom stereocenters. The number of aromatic nitrogens is 2. The van der Waals surface area contributed by atoms with E-state index in [1.807, 2.05) is 0 Å². The second kappa shape index (κ2) is 8.09. The number of rotatable bonds is 6. The Morgan fingerprint density at radius 2 is 2.04 bits per heavy atom. The number of para-hydroxylation sites is 2. The van der Waals surface area contributed by atoms with E-state index in [-0.39, 0.29) is 28.4 Å². The fourth-order valence-corrected chi connectivity index (χ4v) is 2.74. The topological polar surface area (TPSA) is 68.6 Å². The number of halogens is 2. The highest BCUT2D eigenvalue weighted by atomic mass is 32.1. The predicted octanol–water partition coefficient (Wildman–Crippen LogP) is 3.94. The summed E-state index contributed by atoms with van der Waals surface area (Å²) < 4.78 is 36.5. The molecule has 3 rings (SSSR count). The molecule has 0 unspecified atom stereocenters. The number of aromatic amines is 1. The van der Waals surface area contributed by atoms with Gasteiger partial charge in [-0.1, -0.05) is 18.2 Å². The first kappa shape index (κ1) is 18.7. The lowest BCUT2D eigenvalue weighted by molar-refractivity contribution is -0.0515. The predicted molar refractivity (Wildman–Crippen MR) is 101 cm³/mol. The third-order valence-corrected chi connectivity index (χ3v) is 3.89. The molecule has 27 heavy (non-hydrogen) atoms. The van der Waals surface area contributed by atoms with Gasteiger partial charge < -0.3 is 14.5 Å². The fourth-order valence-electron chi connectivity index (χ4n) is 2.50. The molecule has 0 aliphatic rings. The van der Waals surface area contributed by atoms with Gasteiger partial charge in [0, 0.05) is 5.56 Å². The quantitative estimate of drug-likeness (QED) is 0.510. The Balaban J connectivity index is 2.09. The van der Waals surface area contributed by atoms with E-state index in [1.165, 1.54) is 18.3 Å². The van der Waals surface area contributed by atoms with Crippen molar-refractivity contribution in [3.8, 4) is 11.5 Å². The van der Waals surface area contributed by atoms with Gasteiger partial charge in [0.25, 0.3) is 5.56 Å². The van der Waals surface area contributed by atoms with Crippen LogP contribution in [0.2, 0.25) is 0 Å². The molecule has 1 N–H and O–H groups in total. The van der Waals surface area contributed by atoms with E-state index in [2.05, 4.69) is 14.8 Å². The molecule has 0 aliphatic carbocycles. The van der Waals surface area contributed by atoms with Gasteiger partial charge in [-0.15, -0.1) is 0 Å². The molecular weight excluding hydrogens is 376 g/mol. The molecule has 0 fully saturated rings. The average Bonchev–Trinajstić information content (AvgIpc) is 2.63. The zero-order valence-electron chi connectivity index (χ0n) is 14.2. The first-order valence-corrected chi connectivity index (χ1v) is 8.41. The largest absolute Gasteiger partial charge is 0.490 e. The number of H-pyrrole nitrogens is 1. The number of ether oxygens (including phenoxy) is 2. The number of hydrogen-bond donors (Lipinski definition) is 1. The minimum Gasteiger partial charge on any atom is -0.490 e. The van der Waals surface area contributed by atoms with Gasteiger partial charge in [-0.25, -0.2) is 0 Å². The van der Waals surface area contributed by atoms with E-state index < -0.39 is 12.2 Å². The summed E-state index contributed by atoms with van der Waals surface area (Å²) in [5, 5.41) is 4.46. The molecule has 0 bridgehead atoms. The van der Waals surface area contributed by atoms with Crippen molar-refractivity contribution in [1.29, 1.82) is 0 Å². The molecule has 0 saturated heterocycles. The number of hydrogen-bond acceptors (Lipinski definition) is 5. The maximum atomic E-state index is 12.8. The summed E-state index contributed by atoms with van der Waals surface area (Å²) in [6.07, 6.45) is 1.22. The molecule has 140 valence electrons. The molecule has 0 saturated carbocycles. The van der Waals surface area contributed by atoms with Crippen molar-refractivity contribution >= 4 is 29.3 Å². The van der Waals surface area contributed by atoms with Crippen LogP contribution in [-0.2, 0) is 0 Å². The van der Waals surface area contributed by atoms with Crippen LogP contribution in [0.5, 0.6) is 11.5 Å². The normalized spacial score (nSPS) is 11.4. The van der Waals surface area contributed by atoms with Crippen molar-refractivity contribution < 1.29 is 18.3 Å². The SMILES string of the molecule is CCOc1cccc(/C=N\n2c(=S)[nH]c3ccccc3c2=O)c1OC(F)F. The molecular formula is C18H15F2N3O3S. The molecule has 2 aromatic carbocycles. The van der Waals surface area contributed by atoms with E-state index in [9.17, 15) is 13.6 Å². The van der Waals surface area contributed by atoms with Gasteiger partial charge in [0.05, 0.1) is 23.7 Å². The lowest BCUT2D eigenvalue weighted by Crippen LogP contribution is -2.18. The molecule has 1 heterocycles. The summed E-state index contributed by atoms with van der Waals surface area (Å²) in [5.41, 5.74) is 0.373.